The van der Waals surface area contributed by atoms with Crippen LogP contribution in [0.15, 0.2) is 0 Å². The molecule has 0 saturated carbocycles. The first-order valence-electron chi connectivity index (χ1n) is 3.78. The highest BCUT2D eigenvalue weighted by molar-refractivity contribution is 5.93. The summed E-state index contributed by atoms with van der Waals surface area (Å²) in [5.41, 5.74) is 0. The molecule has 0 aromatic carbocycles. The Morgan fingerprint density at radius 1 is 1.62 bits per heavy atom. The van der Waals surface area contributed by atoms with Crippen LogP contribution < -0.4 is 5.32 Å². The number of nitrogens with one attached hydrogen (secondary N) is 1. The summed E-state index contributed by atoms with van der Waals surface area (Å²) in [5, 5.41) is 10.6. The fourth-order valence-corrected chi connectivity index (χ4v) is 1.01. The highest BCUT2D eigenvalue weighted by atomic mass is 16.6. The molecule has 1 aliphatic rings. The fraction of sp³-hybridized carbons (Fsp3) is 0.571. The van der Waals surface area contributed by atoms with Gasteiger partial charge in [0, 0.05) is 6.42 Å². The lowest BCUT2D eigenvalue weighted by atomic mass is 10.2. The third-order valence-corrected chi connectivity index (χ3v) is 1.62. The predicted octanol–water partition coefficient (Wildman–Crippen LogP) is -1.67. The van der Waals surface area contributed by atoms with Gasteiger partial charge >= 0.3 is 11.9 Å². The number of ether oxygens (including phenoxy) is 1. The van der Waals surface area contributed by atoms with E-state index in [4.69, 9.17) is 5.11 Å². The van der Waals surface area contributed by atoms with E-state index in [9.17, 15) is 14.4 Å². The zero-order valence-corrected chi connectivity index (χ0v) is 6.78. The fourth-order valence-electron chi connectivity index (χ4n) is 1.01. The van der Waals surface area contributed by atoms with Crippen molar-refractivity contribution in [2.24, 2.45) is 0 Å². The minimum absolute atomic E-state index is 0.238. The SMILES string of the molecule is O=C1CC[C@@H](C(=O)OC(=O)CO)N1. The van der Waals surface area contributed by atoms with Crippen LogP contribution in [0.3, 0.4) is 0 Å². The van der Waals surface area contributed by atoms with Gasteiger partial charge in [0.15, 0.2) is 0 Å². The lowest BCUT2D eigenvalue weighted by molar-refractivity contribution is -0.163. The molecule has 0 aromatic heterocycles. The first kappa shape index (κ1) is 9.66. The van der Waals surface area contributed by atoms with E-state index < -0.39 is 24.6 Å². The van der Waals surface area contributed by atoms with E-state index in [2.05, 4.69) is 10.1 Å². The largest absolute Gasteiger partial charge is 0.390 e. The van der Waals surface area contributed by atoms with Gasteiger partial charge in [0.1, 0.15) is 12.6 Å². The summed E-state index contributed by atoms with van der Waals surface area (Å²) in [4.78, 5) is 32.1. The number of hydrogen-bond acceptors (Lipinski definition) is 5. The normalized spacial score (nSPS) is 21.0. The molecule has 0 unspecified atom stereocenters. The zero-order valence-electron chi connectivity index (χ0n) is 6.78. The first-order chi connectivity index (χ1) is 6.13. The Labute approximate surface area is 73.9 Å². The van der Waals surface area contributed by atoms with Crippen molar-refractivity contribution in [2.45, 2.75) is 18.9 Å². The molecule has 1 saturated heterocycles. The number of aliphatic hydroxyl groups is 1. The molecular weight excluding hydrogens is 178 g/mol. The standard InChI is InChI=1S/C7H9NO5/c9-3-6(11)13-7(12)4-1-2-5(10)8-4/h4,9H,1-3H2,(H,8,10)/t4-/m0/s1. The van der Waals surface area contributed by atoms with Gasteiger partial charge in [-0.3, -0.25) is 4.79 Å². The molecule has 1 aliphatic heterocycles. The topological polar surface area (TPSA) is 92.7 Å². The Morgan fingerprint density at radius 2 is 2.31 bits per heavy atom. The molecule has 0 bridgehead atoms. The monoisotopic (exact) mass is 187 g/mol. The number of hydrogen-bond donors (Lipinski definition) is 2. The summed E-state index contributed by atoms with van der Waals surface area (Å²) in [6, 6.07) is -0.747. The van der Waals surface area contributed by atoms with Crippen molar-refractivity contribution in [3.8, 4) is 0 Å². The minimum Gasteiger partial charge on any atom is -0.390 e. The second-order valence-corrected chi connectivity index (χ2v) is 2.61. The molecule has 1 heterocycles. The zero-order chi connectivity index (χ0) is 9.84. The van der Waals surface area contributed by atoms with Crippen LogP contribution >= 0.6 is 0 Å². The van der Waals surface area contributed by atoms with E-state index in [-0.39, 0.29) is 12.3 Å². The van der Waals surface area contributed by atoms with Gasteiger partial charge in [0.2, 0.25) is 5.91 Å². The van der Waals surface area contributed by atoms with Crippen LogP contribution in [0.4, 0.5) is 0 Å². The number of carbonyl (C=O) groups excluding carboxylic acids is 3. The van der Waals surface area contributed by atoms with Crippen molar-refractivity contribution >= 4 is 17.8 Å². The third-order valence-electron chi connectivity index (χ3n) is 1.62. The van der Waals surface area contributed by atoms with Gasteiger partial charge in [-0.25, -0.2) is 9.59 Å². The Balaban J connectivity index is 2.40. The van der Waals surface area contributed by atoms with Crippen LogP contribution in [0.5, 0.6) is 0 Å². The minimum atomic E-state index is -1.01. The third kappa shape index (κ3) is 2.51. The summed E-state index contributed by atoms with van der Waals surface area (Å²) in [5.74, 6) is -2.06. The maximum atomic E-state index is 11.0. The van der Waals surface area contributed by atoms with Gasteiger partial charge in [-0.05, 0) is 6.42 Å². The van der Waals surface area contributed by atoms with Crippen LogP contribution in [0, 0.1) is 0 Å². The maximum absolute atomic E-state index is 11.0. The van der Waals surface area contributed by atoms with Gasteiger partial charge in [-0.1, -0.05) is 0 Å². The number of rotatable bonds is 2. The van der Waals surface area contributed by atoms with Crippen molar-refractivity contribution in [2.75, 3.05) is 6.61 Å². The smallest absolute Gasteiger partial charge is 0.339 e. The molecule has 0 aromatic rings. The highest BCUT2D eigenvalue weighted by Gasteiger charge is 2.29. The lowest BCUT2D eigenvalue weighted by Gasteiger charge is -2.06. The van der Waals surface area contributed by atoms with E-state index in [1.807, 2.05) is 0 Å². The van der Waals surface area contributed by atoms with E-state index in [1.165, 1.54) is 0 Å². The molecule has 13 heavy (non-hydrogen) atoms. The number of carbonyl (C=O) groups is 3. The van der Waals surface area contributed by atoms with Crippen LogP contribution in [0.2, 0.25) is 0 Å². The molecule has 0 radical (unpaired) electrons. The van der Waals surface area contributed by atoms with Gasteiger partial charge in [-0.2, -0.15) is 0 Å². The van der Waals surface area contributed by atoms with Crippen molar-refractivity contribution in [1.29, 1.82) is 0 Å². The molecule has 1 atom stereocenters. The molecular formula is C7H9NO5. The molecule has 0 aliphatic carbocycles. The van der Waals surface area contributed by atoms with E-state index in [1.54, 1.807) is 0 Å². The Morgan fingerprint density at radius 3 is 2.77 bits per heavy atom. The molecule has 72 valence electrons. The predicted molar refractivity (Wildman–Crippen MR) is 39.3 cm³/mol. The van der Waals surface area contributed by atoms with E-state index >= 15 is 0 Å². The molecule has 1 fully saturated rings. The van der Waals surface area contributed by atoms with Crippen molar-refractivity contribution in [3.63, 3.8) is 0 Å². The molecule has 1 rings (SSSR count). The molecule has 2 N–H and O–H groups in total. The summed E-state index contributed by atoms with van der Waals surface area (Å²) in [6.07, 6.45) is 0.587. The average molecular weight is 187 g/mol. The highest BCUT2D eigenvalue weighted by Crippen LogP contribution is 2.07. The maximum Gasteiger partial charge on any atom is 0.339 e. The summed E-state index contributed by atoms with van der Waals surface area (Å²) < 4.78 is 4.19. The number of amides is 1. The Bertz CT molecular complexity index is 249. The molecule has 6 heteroatoms. The lowest BCUT2D eigenvalue weighted by Crippen LogP contribution is -2.36. The molecule has 0 spiro atoms. The number of esters is 2. The summed E-state index contributed by atoms with van der Waals surface area (Å²) in [6.45, 7) is -0.841. The van der Waals surface area contributed by atoms with E-state index in [0.717, 1.165) is 0 Å². The van der Waals surface area contributed by atoms with Crippen LogP contribution in [-0.2, 0) is 19.1 Å². The van der Waals surface area contributed by atoms with Crippen LogP contribution in [0.1, 0.15) is 12.8 Å². The van der Waals surface area contributed by atoms with Crippen molar-refractivity contribution < 1.29 is 24.2 Å². The Kier molecular flexibility index (Phi) is 2.97. The van der Waals surface area contributed by atoms with Crippen molar-refractivity contribution in [1.82, 2.24) is 5.32 Å². The van der Waals surface area contributed by atoms with Gasteiger partial charge < -0.3 is 15.2 Å². The van der Waals surface area contributed by atoms with Gasteiger partial charge in [0.05, 0.1) is 0 Å². The van der Waals surface area contributed by atoms with Gasteiger partial charge in [0.25, 0.3) is 0 Å². The van der Waals surface area contributed by atoms with Gasteiger partial charge in [-0.15, -0.1) is 0 Å². The van der Waals surface area contributed by atoms with E-state index in [0.29, 0.717) is 6.42 Å². The number of aliphatic hydroxyl groups excluding tert-OH is 1. The second kappa shape index (κ2) is 3.99. The first-order valence-corrected chi connectivity index (χ1v) is 3.78. The quantitative estimate of drug-likeness (QED) is 0.398. The van der Waals surface area contributed by atoms with Crippen LogP contribution in [-0.4, -0.2) is 35.6 Å². The second-order valence-electron chi connectivity index (χ2n) is 2.61. The average Bonchev–Trinajstić information content (AvgIpc) is 2.51. The molecule has 1 amide bonds. The van der Waals surface area contributed by atoms with Crippen molar-refractivity contribution in [3.05, 3.63) is 0 Å². The Hall–Kier alpha value is -1.43. The van der Waals surface area contributed by atoms with Crippen LogP contribution in [0.25, 0.3) is 0 Å². The summed E-state index contributed by atoms with van der Waals surface area (Å²) >= 11 is 0. The summed E-state index contributed by atoms with van der Waals surface area (Å²) in [7, 11) is 0. The molecule has 6 nitrogen and oxygen atoms in total.